The van der Waals surface area contributed by atoms with Gasteiger partial charge in [0.15, 0.2) is 12.4 Å². The number of carboxylic acid groups (broad SMARTS) is 1. The van der Waals surface area contributed by atoms with E-state index in [0.29, 0.717) is 5.02 Å². The number of nitrogens with zero attached hydrogens (tertiary/aromatic N) is 3. The third-order valence-corrected chi connectivity index (χ3v) is 4.26. The molecule has 10 heteroatoms. The van der Waals surface area contributed by atoms with E-state index in [0.717, 1.165) is 17.8 Å². The molecular formula is C18H14ClN3O6. The fourth-order valence-electron chi connectivity index (χ4n) is 2.67. The zero-order valence-corrected chi connectivity index (χ0v) is 15.1. The van der Waals surface area contributed by atoms with Crippen LogP contribution in [0.2, 0.25) is 5.02 Å². The van der Waals surface area contributed by atoms with E-state index in [1.165, 1.54) is 12.3 Å². The molecule has 1 aliphatic rings. The van der Waals surface area contributed by atoms with Crippen LogP contribution in [-0.2, 0) is 4.79 Å². The highest BCUT2D eigenvalue weighted by atomic mass is 35.5. The lowest BCUT2D eigenvalue weighted by atomic mass is 9.97. The van der Waals surface area contributed by atoms with Crippen molar-refractivity contribution in [3.8, 4) is 5.75 Å². The Bertz CT molecular complexity index is 960. The van der Waals surface area contributed by atoms with E-state index in [9.17, 15) is 19.7 Å². The first kappa shape index (κ1) is 19.3. The van der Waals surface area contributed by atoms with Crippen molar-refractivity contribution in [2.24, 2.45) is 11.0 Å². The molecule has 1 aliphatic heterocycles. The number of anilines is 1. The molecule has 2 aromatic rings. The minimum absolute atomic E-state index is 0.0312. The van der Waals surface area contributed by atoms with Crippen molar-refractivity contribution in [2.45, 2.75) is 0 Å². The van der Waals surface area contributed by atoms with Gasteiger partial charge in [0, 0.05) is 23.4 Å². The van der Waals surface area contributed by atoms with Gasteiger partial charge in [0.25, 0.3) is 5.69 Å². The van der Waals surface area contributed by atoms with Gasteiger partial charge in [-0.3, -0.25) is 19.9 Å². The molecule has 3 rings (SSSR count). The number of carbonyl (C=O) groups excluding carboxylic acids is 1. The molecule has 0 aromatic heterocycles. The number of hydrogen-bond acceptors (Lipinski definition) is 7. The minimum Gasteiger partial charge on any atom is -0.481 e. The molecule has 0 fully saturated rings. The van der Waals surface area contributed by atoms with Gasteiger partial charge in [-0.25, -0.2) is 4.79 Å². The SMILES string of the molecule is O=C(O)COc1ccc([N+](=O)[O-])cc1C(=O)C1C=NN(c2ccc(Cl)cc2)C1. The average Bonchev–Trinajstić information content (AvgIpc) is 3.16. The van der Waals surface area contributed by atoms with Gasteiger partial charge in [0.2, 0.25) is 0 Å². The van der Waals surface area contributed by atoms with Crippen molar-refractivity contribution in [1.29, 1.82) is 0 Å². The van der Waals surface area contributed by atoms with Crippen LogP contribution in [0.3, 0.4) is 0 Å². The van der Waals surface area contributed by atoms with Gasteiger partial charge in [0.05, 0.1) is 28.6 Å². The van der Waals surface area contributed by atoms with E-state index in [4.69, 9.17) is 21.4 Å². The highest BCUT2D eigenvalue weighted by Crippen LogP contribution is 2.29. The molecule has 1 unspecified atom stereocenters. The lowest BCUT2D eigenvalue weighted by Gasteiger charge is -2.16. The average molecular weight is 404 g/mol. The Morgan fingerprint density at radius 1 is 1.29 bits per heavy atom. The third-order valence-electron chi connectivity index (χ3n) is 4.01. The largest absolute Gasteiger partial charge is 0.481 e. The summed E-state index contributed by atoms with van der Waals surface area (Å²) in [5, 5.41) is 26.2. The number of nitro groups is 1. The Morgan fingerprint density at radius 2 is 2.00 bits per heavy atom. The monoisotopic (exact) mass is 403 g/mol. The van der Waals surface area contributed by atoms with Gasteiger partial charge in [-0.05, 0) is 30.3 Å². The summed E-state index contributed by atoms with van der Waals surface area (Å²) in [6.45, 7) is -0.449. The summed E-state index contributed by atoms with van der Waals surface area (Å²) >= 11 is 5.87. The summed E-state index contributed by atoms with van der Waals surface area (Å²) in [7, 11) is 0. The molecule has 1 heterocycles. The van der Waals surface area contributed by atoms with Crippen molar-refractivity contribution >= 4 is 40.9 Å². The Morgan fingerprint density at radius 3 is 2.64 bits per heavy atom. The number of rotatable bonds is 7. The predicted molar refractivity (Wildman–Crippen MR) is 101 cm³/mol. The number of ketones is 1. The fraction of sp³-hybridized carbons (Fsp3) is 0.167. The quantitative estimate of drug-likeness (QED) is 0.428. The van der Waals surface area contributed by atoms with Gasteiger partial charge in [-0.15, -0.1) is 0 Å². The zero-order chi connectivity index (χ0) is 20.3. The van der Waals surface area contributed by atoms with Crippen LogP contribution < -0.4 is 9.75 Å². The standard InChI is InChI=1S/C18H14ClN3O6/c19-12-1-3-13(4-2-12)21-9-11(8-20-21)18(25)15-7-14(22(26)27)5-6-16(15)28-10-17(23)24/h1-8,11H,9-10H2,(H,23,24). The van der Waals surface area contributed by atoms with Crippen molar-refractivity contribution < 1.29 is 24.4 Å². The van der Waals surface area contributed by atoms with Crippen LogP contribution >= 0.6 is 11.6 Å². The molecule has 0 bridgehead atoms. The fourth-order valence-corrected chi connectivity index (χ4v) is 2.79. The number of benzene rings is 2. The molecule has 0 radical (unpaired) electrons. The molecule has 0 spiro atoms. The number of ether oxygens (including phenoxy) is 1. The molecule has 2 aromatic carbocycles. The van der Waals surface area contributed by atoms with Crippen molar-refractivity contribution in [2.75, 3.05) is 18.2 Å². The van der Waals surface area contributed by atoms with E-state index in [-0.39, 0.29) is 23.5 Å². The topological polar surface area (TPSA) is 122 Å². The van der Waals surface area contributed by atoms with E-state index in [1.54, 1.807) is 29.3 Å². The third kappa shape index (κ3) is 4.26. The lowest BCUT2D eigenvalue weighted by Crippen LogP contribution is -2.24. The van der Waals surface area contributed by atoms with Crippen LogP contribution in [0.25, 0.3) is 0 Å². The van der Waals surface area contributed by atoms with Crippen molar-refractivity contribution in [3.05, 3.63) is 63.2 Å². The molecule has 1 N–H and O–H groups in total. The first-order valence-electron chi connectivity index (χ1n) is 8.09. The molecule has 144 valence electrons. The molecule has 0 aliphatic carbocycles. The highest BCUT2D eigenvalue weighted by Gasteiger charge is 2.29. The maximum absolute atomic E-state index is 12.9. The zero-order valence-electron chi connectivity index (χ0n) is 14.3. The summed E-state index contributed by atoms with van der Waals surface area (Å²) in [6.07, 6.45) is 1.44. The van der Waals surface area contributed by atoms with Crippen LogP contribution in [0.15, 0.2) is 47.6 Å². The smallest absolute Gasteiger partial charge is 0.341 e. The summed E-state index contributed by atoms with van der Waals surface area (Å²) in [4.78, 5) is 34.1. The van der Waals surface area contributed by atoms with E-state index in [2.05, 4.69) is 5.10 Å². The van der Waals surface area contributed by atoms with Crippen LogP contribution in [0.1, 0.15) is 10.4 Å². The van der Waals surface area contributed by atoms with E-state index >= 15 is 0 Å². The molecule has 0 amide bonds. The van der Waals surface area contributed by atoms with E-state index in [1.807, 2.05) is 0 Å². The number of carbonyl (C=O) groups is 2. The Balaban J connectivity index is 1.83. The minimum atomic E-state index is -1.23. The van der Waals surface area contributed by atoms with Gasteiger partial charge < -0.3 is 9.84 Å². The van der Waals surface area contributed by atoms with Crippen molar-refractivity contribution in [3.63, 3.8) is 0 Å². The Kier molecular flexibility index (Phi) is 5.55. The highest BCUT2D eigenvalue weighted by molar-refractivity contribution is 6.30. The lowest BCUT2D eigenvalue weighted by molar-refractivity contribution is -0.384. The number of non-ortho nitro benzene ring substituents is 1. The maximum Gasteiger partial charge on any atom is 0.341 e. The Hall–Kier alpha value is -3.46. The number of aliphatic carboxylic acids is 1. The molecule has 1 atom stereocenters. The number of hydrazone groups is 1. The molecular weight excluding hydrogens is 390 g/mol. The van der Waals surface area contributed by atoms with Gasteiger partial charge in [0.1, 0.15) is 5.75 Å². The summed E-state index contributed by atoms with van der Waals surface area (Å²) in [5.74, 6) is -2.39. The van der Waals surface area contributed by atoms with Crippen molar-refractivity contribution in [1.82, 2.24) is 0 Å². The van der Waals surface area contributed by atoms with Crippen LogP contribution in [0.4, 0.5) is 11.4 Å². The number of halogens is 1. The second-order valence-electron chi connectivity index (χ2n) is 5.91. The van der Waals surface area contributed by atoms with Crippen LogP contribution in [0.5, 0.6) is 5.75 Å². The first-order chi connectivity index (χ1) is 13.3. The molecule has 28 heavy (non-hydrogen) atoms. The summed E-state index contributed by atoms with van der Waals surface area (Å²) < 4.78 is 5.12. The summed E-state index contributed by atoms with van der Waals surface area (Å²) in [6, 6.07) is 10.3. The number of carboxylic acids is 1. The van der Waals surface area contributed by atoms with Gasteiger partial charge in [-0.1, -0.05) is 11.6 Å². The van der Waals surface area contributed by atoms with Crippen LogP contribution in [-0.4, -0.2) is 41.1 Å². The molecule has 0 saturated heterocycles. The second-order valence-corrected chi connectivity index (χ2v) is 6.35. The molecule has 0 saturated carbocycles. The second kappa shape index (κ2) is 8.05. The molecule has 9 nitrogen and oxygen atoms in total. The number of hydrogen-bond donors (Lipinski definition) is 1. The Labute approximate surface area is 163 Å². The van der Waals surface area contributed by atoms with Crippen LogP contribution in [0, 0.1) is 16.0 Å². The number of nitro benzene ring substituents is 1. The predicted octanol–water partition coefficient (Wildman–Crippen LogP) is 3.02. The normalized spacial score (nSPS) is 15.5. The first-order valence-corrected chi connectivity index (χ1v) is 8.47. The van der Waals surface area contributed by atoms with Gasteiger partial charge >= 0.3 is 5.97 Å². The maximum atomic E-state index is 12.9. The van der Waals surface area contributed by atoms with E-state index < -0.39 is 29.2 Å². The number of Topliss-reactive ketones (excluding diaryl/α,β-unsaturated/α-hetero) is 1. The van der Waals surface area contributed by atoms with Gasteiger partial charge in [-0.2, -0.15) is 5.10 Å². The summed E-state index contributed by atoms with van der Waals surface area (Å²) in [5.41, 5.74) is 0.373.